The molecule has 0 radical (unpaired) electrons. The molecule has 0 aliphatic heterocycles. The molecule has 0 bridgehead atoms. The van der Waals surface area contributed by atoms with E-state index in [4.69, 9.17) is 10.2 Å². The molecule has 1 heterocycles. The van der Waals surface area contributed by atoms with Crippen LogP contribution in [0.3, 0.4) is 0 Å². The number of hydrogen-bond donors (Lipinski definition) is 1. The zero-order chi connectivity index (χ0) is 13.4. The highest BCUT2D eigenvalue weighted by molar-refractivity contribution is 5.59. The summed E-state index contributed by atoms with van der Waals surface area (Å²) >= 11 is 0. The molecule has 2 aromatic rings. The van der Waals surface area contributed by atoms with Crippen molar-refractivity contribution in [1.82, 2.24) is 0 Å². The average molecular weight is 259 g/mol. The molecule has 2 N–H and O–H groups in total. The van der Waals surface area contributed by atoms with Crippen molar-refractivity contribution in [2.45, 2.75) is 13.0 Å². The molecule has 0 saturated carbocycles. The van der Waals surface area contributed by atoms with E-state index in [-0.39, 0.29) is 17.6 Å². The molecule has 2 nitrogen and oxygen atoms in total. The molecule has 96 valence electrons. The smallest absolute Gasteiger partial charge is 0.172 e. The fourth-order valence-corrected chi connectivity index (χ4v) is 1.52. The number of halogens is 4. The van der Waals surface area contributed by atoms with Crippen LogP contribution in [-0.4, -0.2) is 0 Å². The molecule has 1 unspecified atom stereocenters. The van der Waals surface area contributed by atoms with Gasteiger partial charge in [0.25, 0.3) is 0 Å². The first-order chi connectivity index (χ1) is 8.41. The van der Waals surface area contributed by atoms with Gasteiger partial charge in [-0.15, -0.1) is 0 Å². The summed E-state index contributed by atoms with van der Waals surface area (Å²) < 4.78 is 58.0. The molecule has 18 heavy (non-hydrogen) atoms. The molecule has 0 aliphatic carbocycles. The Kier molecular flexibility index (Phi) is 3.13. The maximum atomic E-state index is 13.5. The molecule has 0 aliphatic rings. The molecular formula is C12H9F4NO. The SMILES string of the molecule is CC(N)c1ccc(-c2c(F)c(F)cc(F)c2F)o1. The van der Waals surface area contributed by atoms with Crippen molar-refractivity contribution in [2.24, 2.45) is 5.73 Å². The zero-order valence-electron chi connectivity index (χ0n) is 9.31. The lowest BCUT2D eigenvalue weighted by Crippen LogP contribution is -2.03. The molecule has 1 aromatic carbocycles. The van der Waals surface area contributed by atoms with Crippen LogP contribution >= 0.6 is 0 Å². The van der Waals surface area contributed by atoms with Gasteiger partial charge in [0.15, 0.2) is 23.3 Å². The van der Waals surface area contributed by atoms with Crippen molar-refractivity contribution in [3.8, 4) is 11.3 Å². The van der Waals surface area contributed by atoms with Crippen LogP contribution in [0.15, 0.2) is 22.6 Å². The van der Waals surface area contributed by atoms with Crippen LogP contribution in [0.5, 0.6) is 0 Å². The molecule has 6 heteroatoms. The number of furan rings is 1. The average Bonchev–Trinajstić information content (AvgIpc) is 2.76. The lowest BCUT2D eigenvalue weighted by molar-refractivity contribution is 0.443. The summed E-state index contributed by atoms with van der Waals surface area (Å²) in [4.78, 5) is 0. The van der Waals surface area contributed by atoms with Gasteiger partial charge in [0.1, 0.15) is 11.5 Å². The second-order valence-corrected chi connectivity index (χ2v) is 3.83. The summed E-state index contributed by atoms with van der Waals surface area (Å²) in [7, 11) is 0. The van der Waals surface area contributed by atoms with Crippen LogP contribution in [0.2, 0.25) is 0 Å². The van der Waals surface area contributed by atoms with Gasteiger partial charge in [-0.3, -0.25) is 0 Å². The van der Waals surface area contributed by atoms with Crippen molar-refractivity contribution in [1.29, 1.82) is 0 Å². The highest BCUT2D eigenvalue weighted by atomic mass is 19.2. The first-order valence-electron chi connectivity index (χ1n) is 5.10. The van der Waals surface area contributed by atoms with Crippen LogP contribution in [0, 0.1) is 23.3 Å². The van der Waals surface area contributed by atoms with Gasteiger partial charge >= 0.3 is 0 Å². The maximum Gasteiger partial charge on any atom is 0.172 e. The third kappa shape index (κ3) is 1.99. The monoisotopic (exact) mass is 259 g/mol. The van der Waals surface area contributed by atoms with Crippen molar-refractivity contribution in [3.05, 3.63) is 47.2 Å². The molecule has 0 fully saturated rings. The van der Waals surface area contributed by atoms with E-state index in [1.54, 1.807) is 6.92 Å². The van der Waals surface area contributed by atoms with Crippen molar-refractivity contribution in [2.75, 3.05) is 0 Å². The van der Waals surface area contributed by atoms with Gasteiger partial charge in [-0.05, 0) is 19.1 Å². The van der Waals surface area contributed by atoms with Crippen molar-refractivity contribution >= 4 is 0 Å². The van der Waals surface area contributed by atoms with Gasteiger partial charge in [0.2, 0.25) is 0 Å². The summed E-state index contributed by atoms with van der Waals surface area (Å²) in [6.45, 7) is 1.60. The maximum absolute atomic E-state index is 13.5. The second kappa shape index (κ2) is 4.45. The minimum absolute atomic E-state index is 0.142. The lowest BCUT2D eigenvalue weighted by atomic mass is 10.1. The van der Waals surface area contributed by atoms with Crippen LogP contribution in [0.25, 0.3) is 11.3 Å². The normalized spacial score (nSPS) is 12.8. The zero-order valence-corrected chi connectivity index (χ0v) is 9.31. The Balaban J connectivity index is 2.62. The van der Waals surface area contributed by atoms with Gasteiger partial charge in [0.05, 0.1) is 11.6 Å². The summed E-state index contributed by atoms with van der Waals surface area (Å²) in [5.74, 6) is -6.02. The lowest BCUT2D eigenvalue weighted by Gasteiger charge is -2.05. The first-order valence-corrected chi connectivity index (χ1v) is 5.10. The van der Waals surface area contributed by atoms with E-state index < -0.39 is 34.9 Å². The summed E-state index contributed by atoms with van der Waals surface area (Å²) in [6.07, 6.45) is 0. The molecule has 0 saturated heterocycles. The highest BCUT2D eigenvalue weighted by Gasteiger charge is 2.23. The van der Waals surface area contributed by atoms with E-state index >= 15 is 0 Å². The van der Waals surface area contributed by atoms with E-state index in [1.807, 2.05) is 0 Å². The summed E-state index contributed by atoms with van der Waals surface area (Å²) in [6, 6.07) is 2.24. The molecule has 1 atom stereocenters. The quantitative estimate of drug-likeness (QED) is 0.662. The highest BCUT2D eigenvalue weighted by Crippen LogP contribution is 2.31. The first kappa shape index (κ1) is 12.6. The predicted molar refractivity (Wildman–Crippen MR) is 56.6 cm³/mol. The Morgan fingerprint density at radius 1 is 1.06 bits per heavy atom. The fourth-order valence-electron chi connectivity index (χ4n) is 1.52. The van der Waals surface area contributed by atoms with E-state index in [2.05, 4.69) is 0 Å². The van der Waals surface area contributed by atoms with E-state index in [0.29, 0.717) is 0 Å². The molecule has 0 spiro atoms. The minimum atomic E-state index is -1.50. The Bertz CT molecular complexity index is 566. The third-order valence-corrected chi connectivity index (χ3v) is 2.43. The molecular weight excluding hydrogens is 250 g/mol. The van der Waals surface area contributed by atoms with E-state index in [0.717, 1.165) is 0 Å². The second-order valence-electron chi connectivity index (χ2n) is 3.83. The van der Waals surface area contributed by atoms with Crippen LogP contribution in [-0.2, 0) is 0 Å². The van der Waals surface area contributed by atoms with Crippen LogP contribution < -0.4 is 5.73 Å². The number of rotatable bonds is 2. The van der Waals surface area contributed by atoms with E-state index in [1.165, 1.54) is 12.1 Å². The molecule has 0 amide bonds. The van der Waals surface area contributed by atoms with Crippen LogP contribution in [0.1, 0.15) is 18.7 Å². The molecule has 1 aromatic heterocycles. The van der Waals surface area contributed by atoms with Gasteiger partial charge < -0.3 is 10.2 Å². The Morgan fingerprint density at radius 2 is 1.61 bits per heavy atom. The Morgan fingerprint density at radius 3 is 2.06 bits per heavy atom. The third-order valence-electron chi connectivity index (χ3n) is 2.43. The van der Waals surface area contributed by atoms with Crippen molar-refractivity contribution in [3.63, 3.8) is 0 Å². The minimum Gasteiger partial charge on any atom is -0.459 e. The predicted octanol–water partition coefficient (Wildman–Crippen LogP) is 3.52. The fraction of sp³-hybridized carbons (Fsp3) is 0.167. The summed E-state index contributed by atoms with van der Waals surface area (Å²) in [5.41, 5.74) is 4.64. The van der Waals surface area contributed by atoms with Crippen LogP contribution in [0.4, 0.5) is 17.6 Å². The van der Waals surface area contributed by atoms with E-state index in [9.17, 15) is 17.6 Å². The number of nitrogens with two attached hydrogens (primary N) is 1. The Labute approximate surface area is 100 Å². The Hall–Kier alpha value is -1.82. The topological polar surface area (TPSA) is 39.2 Å². The molecule has 2 rings (SSSR count). The standard InChI is InChI=1S/C12H9F4NO/c1-5(17)8-2-3-9(18-8)10-11(15)6(13)4-7(14)12(10)16/h2-5H,17H2,1H3. The van der Waals surface area contributed by atoms with Gasteiger partial charge in [0, 0.05) is 6.07 Å². The van der Waals surface area contributed by atoms with Crippen molar-refractivity contribution < 1.29 is 22.0 Å². The largest absolute Gasteiger partial charge is 0.459 e. The van der Waals surface area contributed by atoms with Gasteiger partial charge in [-0.25, -0.2) is 17.6 Å². The number of hydrogen-bond acceptors (Lipinski definition) is 2. The number of benzene rings is 1. The summed E-state index contributed by atoms with van der Waals surface area (Å²) in [5, 5.41) is 0. The van der Waals surface area contributed by atoms with Gasteiger partial charge in [-0.2, -0.15) is 0 Å². The van der Waals surface area contributed by atoms with Gasteiger partial charge in [-0.1, -0.05) is 0 Å².